The second-order valence-corrected chi connectivity index (χ2v) is 6.40. The maximum atomic E-state index is 10.6. The molecule has 1 fully saturated rings. The van der Waals surface area contributed by atoms with Crippen molar-refractivity contribution in [1.29, 1.82) is 0 Å². The highest BCUT2D eigenvalue weighted by molar-refractivity contribution is 5.70. The van der Waals surface area contributed by atoms with Crippen molar-refractivity contribution in [3.8, 4) is 0 Å². The topological polar surface area (TPSA) is 69.6 Å². The average molecular weight is 291 g/mol. The van der Waals surface area contributed by atoms with Crippen LogP contribution in [-0.4, -0.2) is 28.3 Å². The van der Waals surface area contributed by atoms with Crippen LogP contribution in [0.4, 0.5) is 0 Å². The van der Waals surface area contributed by atoms with E-state index in [0.29, 0.717) is 13.1 Å². The normalized spacial score (nSPS) is 25.7. The molecule has 21 heavy (non-hydrogen) atoms. The zero-order valence-electron chi connectivity index (χ0n) is 12.6. The van der Waals surface area contributed by atoms with Gasteiger partial charge in [-0.15, -0.1) is 0 Å². The lowest BCUT2D eigenvalue weighted by molar-refractivity contribution is -0.136. The molecule has 4 heteroatoms. The summed E-state index contributed by atoms with van der Waals surface area (Å²) in [6.45, 7) is 3.56. The number of nitrogens with one attached hydrogen (secondary N) is 1. The van der Waals surface area contributed by atoms with Crippen LogP contribution in [0.3, 0.4) is 0 Å². The smallest absolute Gasteiger partial charge is 0.307 e. The van der Waals surface area contributed by atoms with E-state index in [1.54, 1.807) is 0 Å². The molecule has 1 aromatic carbocycles. The number of hydrogen-bond donors (Lipinski definition) is 3. The molecule has 0 radical (unpaired) electrons. The fourth-order valence-corrected chi connectivity index (χ4v) is 2.87. The maximum Gasteiger partial charge on any atom is 0.307 e. The lowest BCUT2D eigenvalue weighted by Gasteiger charge is -2.35. The highest BCUT2D eigenvalue weighted by Crippen LogP contribution is 2.31. The molecule has 0 aromatic heterocycles. The Hall–Kier alpha value is -1.39. The average Bonchev–Trinajstić information content (AvgIpc) is 2.44. The van der Waals surface area contributed by atoms with E-state index in [4.69, 9.17) is 5.11 Å². The van der Waals surface area contributed by atoms with Gasteiger partial charge in [-0.3, -0.25) is 4.79 Å². The largest absolute Gasteiger partial charge is 0.481 e. The summed E-state index contributed by atoms with van der Waals surface area (Å²) < 4.78 is 0. The first kappa shape index (κ1) is 16.0. The number of carbonyl (C=O) groups is 1. The van der Waals surface area contributed by atoms with Gasteiger partial charge in [0.2, 0.25) is 0 Å². The molecule has 1 aliphatic carbocycles. The highest BCUT2D eigenvalue weighted by atomic mass is 16.4. The third kappa shape index (κ3) is 5.14. The number of benzene rings is 1. The van der Waals surface area contributed by atoms with E-state index < -0.39 is 11.6 Å². The molecule has 0 saturated heterocycles. The number of hydrogen-bond acceptors (Lipinski definition) is 3. The summed E-state index contributed by atoms with van der Waals surface area (Å²) in [5.74, 6) is -0.0818. The van der Waals surface area contributed by atoms with Gasteiger partial charge >= 0.3 is 5.97 Å². The Kier molecular flexibility index (Phi) is 5.37. The van der Waals surface area contributed by atoms with E-state index >= 15 is 0 Å². The van der Waals surface area contributed by atoms with Gasteiger partial charge in [-0.25, -0.2) is 0 Å². The molecule has 0 unspecified atom stereocenters. The zero-order chi connectivity index (χ0) is 15.3. The first-order valence-corrected chi connectivity index (χ1v) is 7.69. The fraction of sp³-hybridized carbons (Fsp3) is 0.588. The minimum absolute atomic E-state index is 0.0612. The predicted molar refractivity (Wildman–Crippen MR) is 82.1 cm³/mol. The minimum Gasteiger partial charge on any atom is -0.481 e. The van der Waals surface area contributed by atoms with Crippen molar-refractivity contribution >= 4 is 5.97 Å². The summed E-state index contributed by atoms with van der Waals surface area (Å²) >= 11 is 0. The predicted octanol–water partition coefficient (Wildman–Crippen LogP) is 2.34. The van der Waals surface area contributed by atoms with Crippen LogP contribution in [0.1, 0.15) is 43.7 Å². The second-order valence-electron chi connectivity index (χ2n) is 6.40. The number of carboxylic acids is 1. The first-order chi connectivity index (χ1) is 9.97. The Bertz CT molecular complexity index is 461. The van der Waals surface area contributed by atoms with E-state index in [1.807, 2.05) is 24.3 Å². The third-order valence-electron chi connectivity index (χ3n) is 4.37. The number of rotatable bonds is 6. The molecular formula is C17H25NO3. The van der Waals surface area contributed by atoms with E-state index in [-0.39, 0.29) is 6.42 Å². The Morgan fingerprint density at radius 1 is 1.24 bits per heavy atom. The maximum absolute atomic E-state index is 10.6. The Morgan fingerprint density at radius 3 is 2.38 bits per heavy atom. The van der Waals surface area contributed by atoms with Gasteiger partial charge in [-0.1, -0.05) is 31.2 Å². The van der Waals surface area contributed by atoms with Gasteiger partial charge in [0.15, 0.2) is 0 Å². The number of aliphatic carboxylic acids is 1. The molecule has 2 rings (SSSR count). The molecule has 0 atom stereocenters. The summed E-state index contributed by atoms with van der Waals surface area (Å²) in [4.78, 5) is 10.6. The minimum atomic E-state index is -0.811. The standard InChI is InChI=1S/C17H25NO3/c1-13-6-8-17(21,9-7-13)12-18-11-15-4-2-14(3-5-15)10-16(19)20/h2-5,13,18,21H,6-12H2,1H3,(H,19,20). The molecule has 3 N–H and O–H groups in total. The molecule has 4 nitrogen and oxygen atoms in total. The lowest BCUT2D eigenvalue weighted by Crippen LogP contribution is -2.43. The van der Waals surface area contributed by atoms with Gasteiger partial charge < -0.3 is 15.5 Å². The van der Waals surface area contributed by atoms with Gasteiger partial charge in [0.25, 0.3) is 0 Å². The van der Waals surface area contributed by atoms with E-state index in [9.17, 15) is 9.90 Å². The summed E-state index contributed by atoms with van der Waals surface area (Å²) in [5.41, 5.74) is 1.36. The molecular weight excluding hydrogens is 266 g/mol. The van der Waals surface area contributed by atoms with Gasteiger partial charge in [0, 0.05) is 13.1 Å². The molecule has 0 amide bonds. The van der Waals surface area contributed by atoms with Crippen molar-refractivity contribution in [2.75, 3.05) is 6.54 Å². The fourth-order valence-electron chi connectivity index (χ4n) is 2.87. The Morgan fingerprint density at radius 2 is 1.81 bits per heavy atom. The number of carboxylic acid groups (broad SMARTS) is 1. The summed E-state index contributed by atoms with van der Waals surface area (Å²) in [6, 6.07) is 7.58. The Balaban J connectivity index is 1.76. The molecule has 0 heterocycles. The molecule has 1 aliphatic rings. The van der Waals surface area contributed by atoms with E-state index in [1.165, 1.54) is 0 Å². The molecule has 1 saturated carbocycles. The van der Waals surface area contributed by atoms with Crippen molar-refractivity contribution in [2.24, 2.45) is 5.92 Å². The van der Waals surface area contributed by atoms with Crippen molar-refractivity contribution in [3.05, 3.63) is 35.4 Å². The summed E-state index contributed by atoms with van der Waals surface area (Å²) in [5, 5.41) is 22.5. The van der Waals surface area contributed by atoms with Crippen LogP contribution in [0.25, 0.3) is 0 Å². The van der Waals surface area contributed by atoms with Crippen LogP contribution in [0, 0.1) is 5.92 Å². The van der Waals surface area contributed by atoms with Gasteiger partial charge in [0.05, 0.1) is 12.0 Å². The van der Waals surface area contributed by atoms with E-state index in [0.717, 1.165) is 42.7 Å². The van der Waals surface area contributed by atoms with Crippen LogP contribution in [0.15, 0.2) is 24.3 Å². The van der Waals surface area contributed by atoms with Gasteiger partial charge in [0.1, 0.15) is 0 Å². The second kappa shape index (κ2) is 7.05. The van der Waals surface area contributed by atoms with Crippen molar-refractivity contribution < 1.29 is 15.0 Å². The van der Waals surface area contributed by atoms with Crippen LogP contribution < -0.4 is 5.32 Å². The summed E-state index contributed by atoms with van der Waals surface area (Å²) in [6.07, 6.45) is 4.01. The number of aliphatic hydroxyl groups is 1. The molecule has 0 aliphatic heterocycles. The monoisotopic (exact) mass is 291 g/mol. The van der Waals surface area contributed by atoms with Crippen LogP contribution >= 0.6 is 0 Å². The SMILES string of the molecule is CC1CCC(O)(CNCc2ccc(CC(=O)O)cc2)CC1. The highest BCUT2D eigenvalue weighted by Gasteiger charge is 2.31. The molecule has 116 valence electrons. The first-order valence-electron chi connectivity index (χ1n) is 7.69. The van der Waals surface area contributed by atoms with E-state index in [2.05, 4.69) is 12.2 Å². The quantitative estimate of drug-likeness (QED) is 0.752. The van der Waals surface area contributed by atoms with Crippen LogP contribution in [0.2, 0.25) is 0 Å². The molecule has 1 aromatic rings. The van der Waals surface area contributed by atoms with Crippen LogP contribution in [-0.2, 0) is 17.8 Å². The van der Waals surface area contributed by atoms with Gasteiger partial charge in [-0.05, 0) is 42.7 Å². The Labute approximate surface area is 126 Å². The van der Waals surface area contributed by atoms with Crippen molar-refractivity contribution in [1.82, 2.24) is 5.32 Å². The molecule has 0 bridgehead atoms. The van der Waals surface area contributed by atoms with Gasteiger partial charge in [-0.2, -0.15) is 0 Å². The zero-order valence-corrected chi connectivity index (χ0v) is 12.6. The third-order valence-corrected chi connectivity index (χ3v) is 4.37. The van der Waals surface area contributed by atoms with Crippen molar-refractivity contribution in [3.63, 3.8) is 0 Å². The summed E-state index contributed by atoms with van der Waals surface area (Å²) in [7, 11) is 0. The molecule has 0 spiro atoms. The van der Waals surface area contributed by atoms with Crippen LogP contribution in [0.5, 0.6) is 0 Å². The van der Waals surface area contributed by atoms with Crippen molar-refractivity contribution in [2.45, 2.75) is 51.2 Å². The lowest BCUT2D eigenvalue weighted by atomic mass is 9.79.